The molecule has 11 atom stereocenters. The summed E-state index contributed by atoms with van der Waals surface area (Å²) in [5.74, 6) is -12.1. The first-order valence-electron chi connectivity index (χ1n) is 32.0. The largest absolute Gasteiger partial charge is 0.394 e. The van der Waals surface area contributed by atoms with E-state index in [0.29, 0.717) is 31.4 Å². The zero-order valence-corrected chi connectivity index (χ0v) is 55.5. The second kappa shape index (κ2) is 46.1. The molecule has 544 valence electrons. The smallest absolute Gasteiger partial charge is 0.245 e. The van der Waals surface area contributed by atoms with E-state index in [1.807, 2.05) is 0 Å². The van der Waals surface area contributed by atoms with E-state index in [1.54, 1.807) is 60.7 Å². The van der Waals surface area contributed by atoms with Crippen LogP contribution in [0.4, 0.5) is 0 Å². The minimum atomic E-state index is -1.73. The van der Waals surface area contributed by atoms with Crippen molar-refractivity contribution in [2.45, 2.75) is 164 Å². The van der Waals surface area contributed by atoms with Gasteiger partial charge in [-0.15, -0.1) is 0 Å². The molecule has 0 aliphatic heterocycles. The molecule has 37 heteroatoms. The molecule has 0 radical (unpaired) electrons. The topological polar surface area (TPSA) is 640 Å². The van der Waals surface area contributed by atoms with Crippen LogP contribution in [0.3, 0.4) is 0 Å². The Labute approximate surface area is 567 Å². The number of hydrogen-bond acceptors (Lipinski definition) is 20. The Morgan fingerprint density at radius 3 is 1.27 bits per heavy atom. The average molecular weight is 1380 g/mol. The number of unbranched alkanes of at least 4 members (excludes halogenated alkanes) is 2. The van der Waals surface area contributed by atoms with Gasteiger partial charge in [0.15, 0.2) is 11.9 Å². The summed E-state index contributed by atoms with van der Waals surface area (Å²) in [7, 11) is 0. The first kappa shape index (κ1) is 84.0. The third-order valence-corrected chi connectivity index (χ3v) is 14.6. The van der Waals surface area contributed by atoms with Crippen molar-refractivity contribution in [3.63, 3.8) is 0 Å². The molecule has 13 amide bonds. The summed E-state index contributed by atoms with van der Waals surface area (Å²) >= 11 is 0. The number of carbonyl (C=O) groups excluding carboxylic acids is 13. The van der Waals surface area contributed by atoms with Crippen LogP contribution in [0.2, 0.25) is 0 Å². The van der Waals surface area contributed by atoms with Crippen molar-refractivity contribution in [2.24, 2.45) is 55.9 Å². The molecule has 0 bridgehead atoms. The number of nitrogens with zero attached hydrogens (tertiary/aromatic N) is 2. The van der Waals surface area contributed by atoms with Gasteiger partial charge < -0.3 is 120 Å². The molecule has 2 aromatic carbocycles. The van der Waals surface area contributed by atoms with Crippen molar-refractivity contribution in [1.29, 1.82) is 0 Å². The van der Waals surface area contributed by atoms with Gasteiger partial charge in [-0.1, -0.05) is 60.7 Å². The van der Waals surface area contributed by atoms with Gasteiger partial charge in [-0.05, 0) is 116 Å². The number of hydrogen-bond donors (Lipinski definition) is 22. The van der Waals surface area contributed by atoms with Crippen molar-refractivity contribution >= 4 is 88.7 Å². The van der Waals surface area contributed by atoms with Crippen LogP contribution in [0, 0.1) is 0 Å². The lowest BCUT2D eigenvalue weighted by atomic mass is 10.0. The van der Waals surface area contributed by atoms with E-state index in [0.717, 1.165) is 5.56 Å². The Morgan fingerprint density at radius 1 is 0.408 bits per heavy atom. The number of carbonyl (C=O) groups is 13. The number of aliphatic hydroxyl groups is 2. The van der Waals surface area contributed by atoms with Gasteiger partial charge >= 0.3 is 0 Å². The maximum absolute atomic E-state index is 14.1. The van der Waals surface area contributed by atoms with Gasteiger partial charge in [0.1, 0.15) is 54.4 Å². The van der Waals surface area contributed by atoms with Crippen molar-refractivity contribution in [1.82, 2.24) is 63.8 Å². The highest BCUT2D eigenvalue weighted by atomic mass is 16.3. The fourth-order valence-electron chi connectivity index (χ4n) is 9.17. The normalized spacial score (nSPS) is 14.2. The van der Waals surface area contributed by atoms with Gasteiger partial charge in [0.2, 0.25) is 76.8 Å². The molecular formula is C61H100N22O15. The van der Waals surface area contributed by atoms with Gasteiger partial charge in [0.05, 0.1) is 38.4 Å². The molecule has 0 aliphatic carbocycles. The maximum atomic E-state index is 14.1. The minimum absolute atomic E-state index is 0.0249. The molecule has 37 nitrogen and oxygen atoms in total. The van der Waals surface area contributed by atoms with Crippen molar-refractivity contribution < 1.29 is 72.5 Å². The Morgan fingerprint density at radius 2 is 0.796 bits per heavy atom. The van der Waals surface area contributed by atoms with E-state index in [9.17, 15) is 72.5 Å². The molecule has 0 fully saturated rings. The van der Waals surface area contributed by atoms with Crippen LogP contribution in [0.5, 0.6) is 0 Å². The van der Waals surface area contributed by atoms with Crippen molar-refractivity contribution in [2.75, 3.05) is 52.4 Å². The highest BCUT2D eigenvalue weighted by Crippen LogP contribution is 2.10. The van der Waals surface area contributed by atoms with E-state index in [4.69, 9.17) is 45.9 Å². The SMILES string of the molecule is C[C@H](NC(=O)CNC(=O)[C@@H](NC(=O)[C@H](Cc1ccccc1)NC(=O)CNC(=O)CNC(=O)[C@@H](N)Cc1ccccc1)[C@@H](C)O)C(=O)N[C@H](CCCN=C(N)N)C(=O)N[C@@H](CCCCN)C(=O)N[C@@H](CO)C(=O)N[C@@H](C)C(=O)N[C@@H](CCCN=C(N)N)C(=O)N[C@@H](CCCCN)C(N)=O. The second-order valence-corrected chi connectivity index (χ2v) is 22.9. The van der Waals surface area contributed by atoms with Gasteiger partial charge in [0.25, 0.3) is 0 Å². The monoisotopic (exact) mass is 1380 g/mol. The lowest BCUT2D eigenvalue weighted by Crippen LogP contribution is -2.60. The summed E-state index contributed by atoms with van der Waals surface area (Å²) in [4.78, 5) is 181. The number of aliphatic imine (C=N–C) groups is 2. The van der Waals surface area contributed by atoms with Crippen molar-refractivity contribution in [3.05, 3.63) is 71.8 Å². The van der Waals surface area contributed by atoms with Crippen molar-refractivity contribution in [3.8, 4) is 0 Å². The zero-order chi connectivity index (χ0) is 73.3. The molecular weight excluding hydrogens is 1280 g/mol. The minimum Gasteiger partial charge on any atom is -0.394 e. The highest BCUT2D eigenvalue weighted by Gasteiger charge is 2.34. The van der Waals surface area contributed by atoms with E-state index in [1.165, 1.54) is 20.8 Å². The first-order valence-corrected chi connectivity index (χ1v) is 32.0. The fraction of sp³-hybridized carbons (Fsp3) is 0.557. The van der Waals surface area contributed by atoms with Gasteiger partial charge in [-0.2, -0.15) is 0 Å². The maximum Gasteiger partial charge on any atom is 0.245 e. The molecule has 0 unspecified atom stereocenters. The average Bonchev–Trinajstić information content (AvgIpc) is 0.887. The van der Waals surface area contributed by atoms with Gasteiger partial charge in [-0.3, -0.25) is 72.3 Å². The second-order valence-electron chi connectivity index (χ2n) is 22.9. The van der Waals surface area contributed by atoms with Gasteiger partial charge in [0, 0.05) is 19.5 Å². The number of amides is 13. The quantitative estimate of drug-likeness (QED) is 0.0166. The number of rotatable bonds is 47. The first-order chi connectivity index (χ1) is 46.5. The molecule has 0 aliphatic rings. The predicted molar refractivity (Wildman–Crippen MR) is 360 cm³/mol. The number of primary amides is 1. The lowest BCUT2D eigenvalue weighted by molar-refractivity contribution is -0.136. The third-order valence-electron chi connectivity index (χ3n) is 14.6. The van der Waals surface area contributed by atoms with Crippen LogP contribution in [0.15, 0.2) is 70.6 Å². The molecule has 30 N–H and O–H groups in total. The van der Waals surface area contributed by atoms with Crippen LogP contribution in [0.25, 0.3) is 0 Å². The Bertz CT molecular complexity index is 2990. The van der Waals surface area contributed by atoms with E-state index < -0.39 is 170 Å². The predicted octanol–water partition coefficient (Wildman–Crippen LogP) is -9.23. The molecule has 0 spiro atoms. The van der Waals surface area contributed by atoms with Crippen LogP contribution >= 0.6 is 0 Å². The molecule has 0 saturated carbocycles. The number of guanidine groups is 2. The molecule has 2 aromatic rings. The summed E-state index contributed by atoms with van der Waals surface area (Å²) in [6.07, 6.45) is 0.241. The summed E-state index contributed by atoms with van der Waals surface area (Å²) in [6.45, 7) is 1.22. The summed E-state index contributed by atoms with van der Waals surface area (Å²) in [6, 6.07) is 3.43. The summed E-state index contributed by atoms with van der Waals surface area (Å²) in [5.41, 5.74) is 46.0. The molecule has 2 rings (SSSR count). The fourth-order valence-corrected chi connectivity index (χ4v) is 9.17. The molecule has 98 heavy (non-hydrogen) atoms. The zero-order valence-electron chi connectivity index (χ0n) is 55.5. The van der Waals surface area contributed by atoms with Crippen LogP contribution in [-0.4, -0.2) is 218 Å². The van der Waals surface area contributed by atoms with E-state index >= 15 is 0 Å². The third kappa shape index (κ3) is 34.0. The van der Waals surface area contributed by atoms with Crippen LogP contribution < -0.4 is 110 Å². The van der Waals surface area contributed by atoms with Crippen LogP contribution in [-0.2, 0) is 75.2 Å². The number of nitrogens with one attached hydrogen (secondary N) is 12. The van der Waals surface area contributed by atoms with Gasteiger partial charge in [-0.25, -0.2) is 0 Å². The molecule has 0 heterocycles. The number of benzene rings is 2. The number of nitrogens with two attached hydrogens (primary N) is 8. The summed E-state index contributed by atoms with van der Waals surface area (Å²) < 4.78 is 0. The Hall–Kier alpha value is -10.1. The standard InChI is InChI=1S/C61H100N22O15/c1-34(75-47(87)32-74-59(98)49(36(3)85)83-57(96)44(29-38-18-8-5-9-19-38)77-48(88)31-72-46(86)30-73-53(92)39(64)28-37-16-6-4-7-17-37)51(90)79-43(23-15-27-71-61(68)69)55(94)81-41(21-11-13-25-63)56(95)82-45(33-84)58(97)76-35(2)52(91)80-42(22-14-26-70-60(66)67)54(93)78-40(50(65)89)20-10-12-24-62/h4-9,16-19,34-36,39-45,49,84-85H,10-15,20-33,62-64H2,1-3H3,(H2,65,89)(H,72,86)(H,73,92)(H,74,98)(H,75,87)(H,76,97)(H,77,88)(H,78,93)(H,79,90)(H,80,91)(H,81,94)(H,82,95)(H,83,96)(H4,66,67,70)(H4,68,69,71)/t34-,35-,36+,39-,40-,41-,42-,43+,44-,45-,49-/m0/s1. The summed E-state index contributed by atoms with van der Waals surface area (Å²) in [5, 5.41) is 50.1. The Kier molecular flexibility index (Phi) is 39.5. The Balaban J connectivity index is 2.18. The molecule has 0 saturated heterocycles. The van der Waals surface area contributed by atoms with E-state index in [2.05, 4.69) is 73.8 Å². The molecule has 0 aromatic heterocycles. The van der Waals surface area contributed by atoms with Crippen LogP contribution in [0.1, 0.15) is 96.1 Å². The lowest BCUT2D eigenvalue weighted by Gasteiger charge is -2.26. The van der Waals surface area contributed by atoms with E-state index in [-0.39, 0.29) is 89.3 Å². The highest BCUT2D eigenvalue weighted by molar-refractivity contribution is 5.99. The number of aliphatic hydroxyl groups excluding tert-OH is 2.